The highest BCUT2D eigenvalue weighted by Crippen LogP contribution is 2.36. The van der Waals surface area contributed by atoms with Gasteiger partial charge >= 0.3 is 6.09 Å². The number of amides is 1. The van der Waals surface area contributed by atoms with Gasteiger partial charge in [-0.25, -0.2) is 14.3 Å². The molecule has 166 valence electrons. The Hall–Kier alpha value is -3.14. The summed E-state index contributed by atoms with van der Waals surface area (Å²) in [5.41, 5.74) is 2.00. The maximum absolute atomic E-state index is 12.0. The molecular formula is C21H29N7O3. The van der Waals surface area contributed by atoms with Crippen LogP contribution in [0, 0.1) is 0 Å². The molecule has 3 heterocycles. The molecule has 31 heavy (non-hydrogen) atoms. The van der Waals surface area contributed by atoms with Crippen LogP contribution in [0.1, 0.15) is 70.4 Å². The van der Waals surface area contributed by atoms with Crippen LogP contribution in [0.2, 0.25) is 0 Å². The number of carbonyl (C=O) groups is 1. The number of aliphatic hydroxyl groups excluding tert-OH is 1. The molecule has 1 fully saturated rings. The van der Waals surface area contributed by atoms with Crippen LogP contribution < -0.4 is 10.6 Å². The Kier molecular flexibility index (Phi) is 5.57. The van der Waals surface area contributed by atoms with E-state index in [0.717, 1.165) is 30.5 Å². The van der Waals surface area contributed by atoms with Gasteiger partial charge in [0.1, 0.15) is 11.6 Å². The summed E-state index contributed by atoms with van der Waals surface area (Å²) in [4.78, 5) is 16.4. The first-order valence-electron chi connectivity index (χ1n) is 10.5. The predicted molar refractivity (Wildman–Crippen MR) is 115 cm³/mol. The number of nitrogens with zero attached hydrogens (tertiary/aromatic N) is 4. The smallest absolute Gasteiger partial charge is 0.407 e. The topological polar surface area (TPSA) is 129 Å². The average molecular weight is 428 g/mol. The fourth-order valence-corrected chi connectivity index (χ4v) is 3.79. The number of carbonyl (C=O) groups excluding carboxylic acids is 1. The number of ether oxygens (including phenoxy) is 1. The van der Waals surface area contributed by atoms with E-state index in [9.17, 15) is 9.90 Å². The Morgan fingerprint density at radius 1 is 1.35 bits per heavy atom. The Bertz CT molecular complexity index is 1070. The van der Waals surface area contributed by atoms with Crippen LogP contribution in [-0.2, 0) is 4.74 Å². The summed E-state index contributed by atoms with van der Waals surface area (Å²) in [5, 5.41) is 27.7. The molecule has 4 rings (SSSR count). The van der Waals surface area contributed by atoms with Gasteiger partial charge in [0.2, 0.25) is 0 Å². The number of hydrogen-bond acceptors (Lipinski definition) is 7. The Balaban J connectivity index is 1.40. The largest absolute Gasteiger partial charge is 0.446 e. The molecule has 0 bridgehead atoms. The summed E-state index contributed by atoms with van der Waals surface area (Å²) in [5.74, 6) is 1.49. The number of rotatable bonds is 5. The van der Waals surface area contributed by atoms with Crippen molar-refractivity contribution in [2.45, 2.75) is 70.6 Å². The molecule has 1 aliphatic rings. The van der Waals surface area contributed by atoms with E-state index in [1.165, 1.54) is 0 Å². The van der Waals surface area contributed by atoms with E-state index >= 15 is 0 Å². The van der Waals surface area contributed by atoms with E-state index < -0.39 is 6.10 Å². The van der Waals surface area contributed by atoms with Crippen LogP contribution in [0.4, 0.5) is 16.4 Å². The lowest BCUT2D eigenvalue weighted by Gasteiger charge is -2.22. The minimum Gasteiger partial charge on any atom is -0.446 e. The van der Waals surface area contributed by atoms with E-state index in [1.54, 1.807) is 29.9 Å². The quantitative estimate of drug-likeness (QED) is 0.491. The highest BCUT2D eigenvalue weighted by atomic mass is 16.6. The number of H-pyrrole nitrogens is 1. The van der Waals surface area contributed by atoms with Crippen LogP contribution in [0.3, 0.4) is 0 Å². The van der Waals surface area contributed by atoms with Crippen LogP contribution in [0.15, 0.2) is 24.5 Å². The monoisotopic (exact) mass is 427 g/mol. The fourth-order valence-electron chi connectivity index (χ4n) is 3.79. The maximum atomic E-state index is 12.0. The van der Waals surface area contributed by atoms with E-state index in [2.05, 4.69) is 30.9 Å². The van der Waals surface area contributed by atoms with Crippen LogP contribution in [-0.4, -0.2) is 47.6 Å². The van der Waals surface area contributed by atoms with E-state index in [-0.39, 0.29) is 23.7 Å². The van der Waals surface area contributed by atoms with Crippen molar-refractivity contribution in [1.29, 1.82) is 0 Å². The molecular weight excluding hydrogens is 398 g/mol. The van der Waals surface area contributed by atoms with Gasteiger partial charge in [0.05, 0.1) is 11.8 Å². The van der Waals surface area contributed by atoms with E-state index in [4.69, 9.17) is 4.74 Å². The molecule has 3 aromatic heterocycles. The summed E-state index contributed by atoms with van der Waals surface area (Å²) >= 11 is 0. The molecule has 1 aliphatic carbocycles. The van der Waals surface area contributed by atoms with Crippen LogP contribution >= 0.6 is 0 Å². The third-order valence-corrected chi connectivity index (χ3v) is 5.26. The van der Waals surface area contributed by atoms with Gasteiger partial charge in [-0.3, -0.25) is 5.10 Å². The second-order valence-corrected chi connectivity index (χ2v) is 9.10. The molecule has 10 nitrogen and oxygen atoms in total. The molecule has 0 spiro atoms. The number of aliphatic hydroxyl groups is 1. The SMILES string of the molecule is CC(O)c1cc2c(Nc3cc(C4CCC(OC(=O)NC(C)(C)C)C4)[nH]n3)nccn2n1. The van der Waals surface area contributed by atoms with Crippen molar-refractivity contribution in [1.82, 2.24) is 30.1 Å². The second-order valence-electron chi connectivity index (χ2n) is 9.10. The zero-order valence-electron chi connectivity index (χ0n) is 18.2. The molecule has 0 radical (unpaired) electrons. The highest BCUT2D eigenvalue weighted by molar-refractivity contribution is 5.72. The molecule has 0 aliphatic heterocycles. The highest BCUT2D eigenvalue weighted by Gasteiger charge is 2.30. The minimum absolute atomic E-state index is 0.104. The number of alkyl carbamates (subject to hydrolysis) is 1. The third kappa shape index (κ3) is 4.96. The third-order valence-electron chi connectivity index (χ3n) is 5.26. The van der Waals surface area contributed by atoms with Gasteiger partial charge in [0.15, 0.2) is 11.6 Å². The van der Waals surface area contributed by atoms with Crippen molar-refractivity contribution in [2.24, 2.45) is 0 Å². The van der Waals surface area contributed by atoms with Gasteiger partial charge in [-0.2, -0.15) is 10.2 Å². The molecule has 1 amide bonds. The second kappa shape index (κ2) is 8.18. The van der Waals surface area contributed by atoms with Gasteiger partial charge in [-0.1, -0.05) is 0 Å². The average Bonchev–Trinajstić information content (AvgIpc) is 3.39. The first-order valence-corrected chi connectivity index (χ1v) is 10.5. The van der Waals surface area contributed by atoms with Gasteiger partial charge in [-0.15, -0.1) is 0 Å². The maximum Gasteiger partial charge on any atom is 0.407 e. The van der Waals surface area contributed by atoms with Crippen LogP contribution in [0.5, 0.6) is 0 Å². The van der Waals surface area contributed by atoms with Crippen molar-refractivity contribution >= 4 is 23.2 Å². The zero-order valence-corrected chi connectivity index (χ0v) is 18.2. The molecule has 3 aromatic rings. The van der Waals surface area contributed by atoms with Gasteiger partial charge in [-0.05, 0) is 53.0 Å². The fraction of sp³-hybridized carbons (Fsp3) is 0.524. The Morgan fingerprint density at radius 3 is 2.90 bits per heavy atom. The number of fused-ring (bicyclic) bond motifs is 1. The minimum atomic E-state index is -0.659. The molecule has 4 N–H and O–H groups in total. The lowest BCUT2D eigenvalue weighted by molar-refractivity contribution is 0.0936. The first-order chi connectivity index (χ1) is 14.7. The molecule has 3 unspecified atom stereocenters. The summed E-state index contributed by atoms with van der Waals surface area (Å²) < 4.78 is 7.24. The van der Waals surface area contributed by atoms with Gasteiger partial charge < -0.3 is 20.5 Å². The number of anilines is 2. The standard InChI is InChI=1S/C21H29N7O3/c1-12(29)15-10-17-19(22-7-8-28(17)27-15)23-18-11-16(25-26-18)13-5-6-14(9-13)31-20(30)24-21(2,3)4/h7-8,10-14,29H,5-6,9H2,1-4H3,(H,24,30)(H2,22,23,25,26). The molecule has 0 aromatic carbocycles. The summed E-state index contributed by atoms with van der Waals surface area (Å²) in [6.07, 6.45) is 4.74. The van der Waals surface area contributed by atoms with Crippen molar-refractivity contribution in [3.05, 3.63) is 35.9 Å². The summed E-state index contributed by atoms with van der Waals surface area (Å²) in [6, 6.07) is 3.76. The van der Waals surface area contributed by atoms with Crippen LogP contribution in [0.25, 0.3) is 5.52 Å². The summed E-state index contributed by atoms with van der Waals surface area (Å²) in [7, 11) is 0. The lowest BCUT2D eigenvalue weighted by atomic mass is 10.0. The number of hydrogen-bond donors (Lipinski definition) is 4. The lowest BCUT2D eigenvalue weighted by Crippen LogP contribution is -2.42. The molecule has 0 saturated heterocycles. The van der Waals surface area contributed by atoms with Gasteiger partial charge in [0, 0.05) is 35.6 Å². The summed E-state index contributed by atoms with van der Waals surface area (Å²) in [6.45, 7) is 7.45. The zero-order chi connectivity index (χ0) is 22.2. The van der Waals surface area contributed by atoms with Crippen molar-refractivity contribution in [2.75, 3.05) is 5.32 Å². The van der Waals surface area contributed by atoms with Gasteiger partial charge in [0.25, 0.3) is 0 Å². The number of nitrogens with one attached hydrogen (secondary N) is 3. The Labute approximate surface area is 180 Å². The Morgan fingerprint density at radius 2 is 2.16 bits per heavy atom. The van der Waals surface area contributed by atoms with E-state index in [0.29, 0.717) is 17.3 Å². The number of aromatic amines is 1. The predicted octanol–water partition coefficient (Wildman–Crippen LogP) is 3.41. The van der Waals surface area contributed by atoms with Crippen molar-refractivity contribution in [3.63, 3.8) is 0 Å². The molecule has 1 saturated carbocycles. The molecule has 10 heteroatoms. The normalized spacial score (nSPS) is 20.0. The van der Waals surface area contributed by atoms with Crippen molar-refractivity contribution in [3.8, 4) is 0 Å². The number of aromatic nitrogens is 5. The van der Waals surface area contributed by atoms with Crippen molar-refractivity contribution < 1.29 is 14.6 Å². The first kappa shape index (κ1) is 21.1. The molecule has 3 atom stereocenters. The van der Waals surface area contributed by atoms with E-state index in [1.807, 2.05) is 26.8 Å².